The summed E-state index contributed by atoms with van der Waals surface area (Å²) in [6, 6.07) is 16.0. The molecule has 0 saturated heterocycles. The molecule has 0 spiro atoms. The second-order valence-electron chi connectivity index (χ2n) is 9.15. The highest BCUT2D eigenvalue weighted by molar-refractivity contribution is 6.05. The second-order valence-corrected chi connectivity index (χ2v) is 9.15. The second kappa shape index (κ2) is 5.44. The van der Waals surface area contributed by atoms with E-state index in [1.165, 1.54) is 66.3 Å². The van der Waals surface area contributed by atoms with Crippen molar-refractivity contribution in [3.8, 4) is 11.3 Å². The number of rotatable bonds is 0. The molecule has 1 aliphatic carbocycles. The molecule has 1 aromatic heterocycles. The Hall–Kier alpha value is -2.67. The zero-order valence-electron chi connectivity index (χ0n) is 18.0. The fraction of sp³-hybridized carbons (Fsp3) is 0.296. The van der Waals surface area contributed by atoms with E-state index in [0.29, 0.717) is 0 Å². The maximum absolute atomic E-state index is 2.43. The van der Waals surface area contributed by atoms with Crippen LogP contribution >= 0.6 is 0 Å². The minimum atomic E-state index is -0.0415. The lowest BCUT2D eigenvalue weighted by atomic mass is 9.66. The fourth-order valence-electron chi connectivity index (χ4n) is 5.60. The molecule has 140 valence electrons. The summed E-state index contributed by atoms with van der Waals surface area (Å²) in [6.45, 7) is 13.9. The van der Waals surface area contributed by atoms with Gasteiger partial charge >= 0.3 is 0 Å². The van der Waals surface area contributed by atoms with Crippen molar-refractivity contribution >= 4 is 21.7 Å². The molecule has 1 heterocycles. The first-order chi connectivity index (χ1) is 13.2. The monoisotopic (exact) mass is 366 g/mol. The van der Waals surface area contributed by atoms with Crippen molar-refractivity contribution < 1.29 is 4.57 Å². The number of nitrogens with zero attached hydrogens (tertiary/aromatic N) is 1. The van der Waals surface area contributed by atoms with Crippen LogP contribution in [0.4, 0.5) is 0 Å². The predicted molar refractivity (Wildman–Crippen MR) is 119 cm³/mol. The Kier molecular flexibility index (Phi) is 3.39. The summed E-state index contributed by atoms with van der Waals surface area (Å²) in [5.74, 6) is 0. The minimum Gasteiger partial charge on any atom is -0.194 e. The summed E-state index contributed by atoms with van der Waals surface area (Å²) < 4.78 is 2.43. The van der Waals surface area contributed by atoms with Crippen molar-refractivity contribution in [1.82, 2.24) is 0 Å². The molecule has 5 rings (SSSR count). The highest BCUT2D eigenvalue weighted by Gasteiger charge is 2.41. The Morgan fingerprint density at radius 2 is 1.57 bits per heavy atom. The van der Waals surface area contributed by atoms with E-state index in [1.54, 1.807) is 0 Å². The lowest BCUT2D eigenvalue weighted by Crippen LogP contribution is -2.39. The molecule has 4 aromatic rings. The number of aromatic nitrogens is 1. The molecular formula is C27H28N+. The van der Waals surface area contributed by atoms with E-state index in [9.17, 15) is 0 Å². The lowest BCUT2D eigenvalue weighted by molar-refractivity contribution is -0.634. The van der Waals surface area contributed by atoms with Gasteiger partial charge < -0.3 is 0 Å². The van der Waals surface area contributed by atoms with E-state index >= 15 is 0 Å². The number of aryl methyl sites for hydroxylation is 4. The molecule has 3 aromatic carbocycles. The number of benzene rings is 3. The number of fused-ring (bicyclic) bond motifs is 3. The van der Waals surface area contributed by atoms with Crippen LogP contribution in [0.3, 0.4) is 0 Å². The third-order valence-electron chi connectivity index (χ3n) is 7.05. The van der Waals surface area contributed by atoms with E-state index in [1.807, 2.05) is 0 Å². The molecule has 28 heavy (non-hydrogen) atoms. The lowest BCUT2D eigenvalue weighted by Gasteiger charge is -2.36. The first-order valence-corrected chi connectivity index (χ1v) is 10.2. The third kappa shape index (κ3) is 2.00. The van der Waals surface area contributed by atoms with Gasteiger partial charge in [0.05, 0.1) is 5.56 Å². The average molecular weight is 367 g/mol. The smallest absolute Gasteiger partial charge is 0.194 e. The molecule has 0 aliphatic heterocycles. The van der Waals surface area contributed by atoms with Gasteiger partial charge in [0.25, 0.3) is 0 Å². The van der Waals surface area contributed by atoms with Gasteiger partial charge in [-0.2, -0.15) is 4.57 Å². The summed E-state index contributed by atoms with van der Waals surface area (Å²) in [7, 11) is 2.24. The Morgan fingerprint density at radius 1 is 0.857 bits per heavy atom. The number of hydrogen-bond donors (Lipinski definition) is 0. The van der Waals surface area contributed by atoms with E-state index in [-0.39, 0.29) is 5.41 Å². The van der Waals surface area contributed by atoms with Crippen LogP contribution in [0.1, 0.15) is 47.2 Å². The number of para-hydroxylation sites is 1. The van der Waals surface area contributed by atoms with Gasteiger partial charge in [0.2, 0.25) is 11.2 Å². The molecule has 0 bridgehead atoms. The van der Waals surface area contributed by atoms with Gasteiger partial charge in [-0.15, -0.1) is 0 Å². The summed E-state index contributed by atoms with van der Waals surface area (Å²) in [4.78, 5) is 0. The SMILES string of the molecule is Cc1cc2c3c(c(C)c(C)cc3c1)-c1c(c(C)c3ccccc3[n+]1C)C2(C)C. The Morgan fingerprint density at radius 3 is 2.32 bits per heavy atom. The fourth-order valence-corrected chi connectivity index (χ4v) is 5.60. The third-order valence-corrected chi connectivity index (χ3v) is 7.05. The number of hydrogen-bond acceptors (Lipinski definition) is 0. The van der Waals surface area contributed by atoms with E-state index in [2.05, 4.69) is 95.6 Å². The minimum absolute atomic E-state index is 0.0415. The molecular weight excluding hydrogens is 338 g/mol. The molecule has 0 saturated carbocycles. The first kappa shape index (κ1) is 17.4. The molecule has 0 N–H and O–H groups in total. The zero-order valence-corrected chi connectivity index (χ0v) is 18.0. The quantitative estimate of drug-likeness (QED) is 0.319. The van der Waals surface area contributed by atoms with Crippen LogP contribution in [0.25, 0.3) is 32.9 Å². The molecule has 0 unspecified atom stereocenters. The van der Waals surface area contributed by atoms with Crippen LogP contribution in [0.15, 0.2) is 42.5 Å². The average Bonchev–Trinajstić information content (AvgIpc) is 2.65. The molecule has 1 aliphatic rings. The van der Waals surface area contributed by atoms with Crippen molar-refractivity contribution in [3.63, 3.8) is 0 Å². The maximum Gasteiger partial charge on any atom is 0.218 e. The Bertz CT molecular complexity index is 1320. The summed E-state index contributed by atoms with van der Waals surface area (Å²) in [5.41, 5.74) is 12.5. The normalized spacial score (nSPS) is 14.5. The van der Waals surface area contributed by atoms with Crippen LogP contribution < -0.4 is 4.57 Å². The van der Waals surface area contributed by atoms with E-state index in [0.717, 1.165) is 0 Å². The van der Waals surface area contributed by atoms with Gasteiger partial charge in [-0.3, -0.25) is 0 Å². The summed E-state index contributed by atoms with van der Waals surface area (Å²) in [5, 5.41) is 4.17. The van der Waals surface area contributed by atoms with E-state index in [4.69, 9.17) is 0 Å². The molecule has 0 fully saturated rings. The molecule has 0 amide bonds. The highest BCUT2D eigenvalue weighted by Crippen LogP contribution is 2.51. The van der Waals surface area contributed by atoms with Crippen molar-refractivity contribution in [3.05, 3.63) is 75.8 Å². The van der Waals surface area contributed by atoms with Crippen molar-refractivity contribution in [2.24, 2.45) is 7.05 Å². The molecule has 0 atom stereocenters. The van der Waals surface area contributed by atoms with Crippen molar-refractivity contribution in [2.45, 2.75) is 47.0 Å². The van der Waals surface area contributed by atoms with Crippen molar-refractivity contribution in [1.29, 1.82) is 0 Å². The van der Waals surface area contributed by atoms with Gasteiger partial charge in [-0.05, 0) is 66.8 Å². The molecule has 1 nitrogen and oxygen atoms in total. The molecule has 0 radical (unpaired) electrons. The summed E-state index contributed by atoms with van der Waals surface area (Å²) in [6.07, 6.45) is 0. The van der Waals surface area contributed by atoms with Crippen LogP contribution in [-0.4, -0.2) is 0 Å². The standard InChI is InChI=1S/C27H28N/c1-15-12-19-14-16(2)17(3)23-24(19)21(13-15)27(5,6)25-18(4)20-10-8-9-11-22(20)28(7)26(23)25/h8-14H,1-7H3/q+1. The van der Waals surface area contributed by atoms with Gasteiger partial charge in [0, 0.05) is 22.4 Å². The maximum atomic E-state index is 2.43. The number of pyridine rings is 1. The van der Waals surface area contributed by atoms with Gasteiger partial charge in [-0.25, -0.2) is 0 Å². The van der Waals surface area contributed by atoms with Crippen LogP contribution in [0, 0.1) is 27.7 Å². The van der Waals surface area contributed by atoms with Crippen LogP contribution in [-0.2, 0) is 12.5 Å². The van der Waals surface area contributed by atoms with Crippen molar-refractivity contribution in [2.75, 3.05) is 0 Å². The summed E-state index contributed by atoms with van der Waals surface area (Å²) >= 11 is 0. The first-order valence-electron chi connectivity index (χ1n) is 10.2. The zero-order chi connectivity index (χ0) is 20.0. The highest BCUT2D eigenvalue weighted by atomic mass is 14.9. The van der Waals surface area contributed by atoms with Gasteiger partial charge in [0.15, 0.2) is 0 Å². The van der Waals surface area contributed by atoms with E-state index < -0.39 is 0 Å². The predicted octanol–water partition coefficient (Wildman–Crippen LogP) is 6.36. The topological polar surface area (TPSA) is 3.88 Å². The molecule has 1 heteroatoms. The van der Waals surface area contributed by atoms with Crippen LogP contribution in [0.2, 0.25) is 0 Å². The van der Waals surface area contributed by atoms with Gasteiger partial charge in [-0.1, -0.05) is 49.7 Å². The van der Waals surface area contributed by atoms with Gasteiger partial charge in [0.1, 0.15) is 7.05 Å². The van der Waals surface area contributed by atoms with Crippen LogP contribution in [0.5, 0.6) is 0 Å². The Balaban J connectivity index is 2.14. The Labute approximate surface area is 167 Å². The largest absolute Gasteiger partial charge is 0.218 e.